The number of nitrogens with zero attached hydrogens (tertiary/aromatic N) is 3. The van der Waals surface area contributed by atoms with Gasteiger partial charge in [-0.3, -0.25) is 9.59 Å². The third-order valence-electron chi connectivity index (χ3n) is 7.10. The fraction of sp³-hybridized carbons (Fsp3) is 0.500. The molecule has 3 atom stereocenters. The van der Waals surface area contributed by atoms with Crippen LogP contribution in [0.4, 0.5) is 16.2 Å². The molecule has 11 heteroatoms. The van der Waals surface area contributed by atoms with Crippen LogP contribution in [0, 0.1) is 5.92 Å². The fourth-order valence-corrected chi connectivity index (χ4v) is 4.54. The van der Waals surface area contributed by atoms with Gasteiger partial charge >= 0.3 is 6.03 Å². The molecule has 11 nitrogen and oxygen atoms in total. The summed E-state index contributed by atoms with van der Waals surface area (Å²) in [5, 5.41) is 15.6. The predicted octanol–water partition coefficient (Wildman–Crippen LogP) is 3.36. The zero-order valence-corrected chi connectivity index (χ0v) is 24.8. The van der Waals surface area contributed by atoms with E-state index in [2.05, 4.69) is 10.6 Å². The molecule has 0 spiro atoms. The highest BCUT2D eigenvalue weighted by Crippen LogP contribution is 2.31. The minimum absolute atomic E-state index is 0.136. The molecule has 1 aliphatic rings. The summed E-state index contributed by atoms with van der Waals surface area (Å²) in [7, 11) is 7.17. The van der Waals surface area contributed by atoms with Gasteiger partial charge in [0.1, 0.15) is 17.6 Å². The summed E-state index contributed by atoms with van der Waals surface area (Å²) in [6.07, 6.45) is 0.623. The summed E-state index contributed by atoms with van der Waals surface area (Å²) >= 11 is 0. The molecule has 4 amide bonds. The van der Waals surface area contributed by atoms with Gasteiger partial charge in [-0.1, -0.05) is 6.92 Å². The van der Waals surface area contributed by atoms with E-state index in [0.29, 0.717) is 47.8 Å². The number of benzene rings is 2. The number of amides is 4. The normalized spacial score (nSPS) is 17.6. The van der Waals surface area contributed by atoms with Crippen molar-refractivity contribution in [3.63, 3.8) is 0 Å². The van der Waals surface area contributed by atoms with Gasteiger partial charge in [-0.05, 0) is 76.4 Å². The van der Waals surface area contributed by atoms with Crippen molar-refractivity contribution in [1.82, 2.24) is 14.7 Å². The number of aliphatic hydroxyl groups is 1. The monoisotopic (exact) mass is 569 g/mol. The Balaban J connectivity index is 1.80. The Hall–Kier alpha value is -3.83. The topological polar surface area (TPSA) is 124 Å². The zero-order valence-electron chi connectivity index (χ0n) is 24.8. The van der Waals surface area contributed by atoms with Gasteiger partial charge in [-0.15, -0.1) is 0 Å². The van der Waals surface area contributed by atoms with Crippen LogP contribution >= 0.6 is 0 Å². The minimum Gasteiger partial charge on any atom is -0.497 e. The molecule has 224 valence electrons. The Morgan fingerprint density at radius 3 is 2.44 bits per heavy atom. The van der Waals surface area contributed by atoms with Gasteiger partial charge in [-0.25, -0.2) is 4.79 Å². The maximum Gasteiger partial charge on any atom is 0.321 e. The first-order valence-electron chi connectivity index (χ1n) is 13.9. The van der Waals surface area contributed by atoms with Crippen LogP contribution in [0.3, 0.4) is 0 Å². The second-order valence-corrected chi connectivity index (χ2v) is 10.8. The van der Waals surface area contributed by atoms with Gasteiger partial charge in [0.2, 0.25) is 5.91 Å². The number of urea groups is 1. The van der Waals surface area contributed by atoms with Gasteiger partial charge in [0.15, 0.2) is 0 Å². The molecule has 0 aromatic heterocycles. The van der Waals surface area contributed by atoms with Crippen LogP contribution in [0.1, 0.15) is 37.0 Å². The van der Waals surface area contributed by atoms with Gasteiger partial charge < -0.3 is 39.9 Å². The Bertz CT molecular complexity index is 1190. The molecule has 0 saturated heterocycles. The molecule has 2 aromatic carbocycles. The Morgan fingerprint density at radius 2 is 1.80 bits per heavy atom. The van der Waals surface area contributed by atoms with Crippen LogP contribution in [0.15, 0.2) is 42.5 Å². The minimum atomic E-state index is -0.451. The van der Waals surface area contributed by atoms with E-state index in [-0.39, 0.29) is 36.9 Å². The maximum absolute atomic E-state index is 13.6. The lowest BCUT2D eigenvalue weighted by Crippen LogP contribution is -2.50. The lowest BCUT2D eigenvalue weighted by molar-refractivity contribution is -0.116. The molecule has 1 aliphatic heterocycles. The van der Waals surface area contributed by atoms with E-state index in [0.717, 1.165) is 6.54 Å². The molecule has 0 radical (unpaired) electrons. The fourth-order valence-electron chi connectivity index (χ4n) is 4.54. The molecular weight excluding hydrogens is 526 g/mol. The third-order valence-corrected chi connectivity index (χ3v) is 7.10. The number of hydrogen-bond donors (Lipinski definition) is 3. The molecule has 3 N–H and O–H groups in total. The lowest BCUT2D eigenvalue weighted by Gasteiger charge is -2.38. The summed E-state index contributed by atoms with van der Waals surface area (Å²) in [6.45, 7) is 4.90. The first-order chi connectivity index (χ1) is 19.5. The van der Waals surface area contributed by atoms with E-state index in [9.17, 15) is 19.5 Å². The van der Waals surface area contributed by atoms with Crippen molar-refractivity contribution < 1.29 is 29.0 Å². The van der Waals surface area contributed by atoms with E-state index in [1.54, 1.807) is 68.4 Å². The van der Waals surface area contributed by atoms with Gasteiger partial charge in [0, 0.05) is 37.3 Å². The van der Waals surface area contributed by atoms with Crippen LogP contribution in [0.2, 0.25) is 0 Å². The number of nitrogens with one attached hydrogen (secondary N) is 2. The van der Waals surface area contributed by atoms with Gasteiger partial charge in [0.05, 0.1) is 31.9 Å². The van der Waals surface area contributed by atoms with Crippen molar-refractivity contribution in [2.24, 2.45) is 5.92 Å². The van der Waals surface area contributed by atoms with E-state index >= 15 is 0 Å². The first-order valence-corrected chi connectivity index (χ1v) is 13.9. The summed E-state index contributed by atoms with van der Waals surface area (Å²) in [6, 6.07) is 11.3. The van der Waals surface area contributed by atoms with Crippen molar-refractivity contribution in [1.29, 1.82) is 0 Å². The number of carbonyl (C=O) groups is 3. The van der Waals surface area contributed by atoms with Crippen molar-refractivity contribution in [3.05, 3.63) is 48.0 Å². The molecule has 0 aliphatic carbocycles. The summed E-state index contributed by atoms with van der Waals surface area (Å²) in [5.74, 6) is 0.462. The second kappa shape index (κ2) is 14.7. The lowest BCUT2D eigenvalue weighted by atomic mass is 9.99. The van der Waals surface area contributed by atoms with Gasteiger partial charge in [0.25, 0.3) is 5.91 Å². The standard InChI is InChI=1S/C30H43N5O6/c1-20-17-35(21(2)19-36)29(38)25-16-23(31-28(37)8-7-15-33(3)4)11-14-26(25)41-27(20)18-34(5)30(39)32-22-9-12-24(40-6)13-10-22/h9-14,16,20-21,27,36H,7-8,15,17-19H2,1-6H3,(H,31,37)(H,32,39)/t20-,21+,27+/m0/s1. The largest absolute Gasteiger partial charge is 0.497 e. The summed E-state index contributed by atoms with van der Waals surface area (Å²) in [4.78, 5) is 44.3. The third kappa shape index (κ3) is 8.83. The Labute approximate surface area is 242 Å². The molecule has 3 rings (SSSR count). The first kappa shape index (κ1) is 31.7. The molecule has 0 unspecified atom stereocenters. The number of carbonyl (C=O) groups excluding carboxylic acids is 3. The van der Waals surface area contributed by atoms with Crippen molar-refractivity contribution in [2.45, 2.75) is 38.8 Å². The number of aliphatic hydroxyl groups excluding tert-OH is 1. The second-order valence-electron chi connectivity index (χ2n) is 10.8. The summed E-state index contributed by atoms with van der Waals surface area (Å²) in [5.41, 5.74) is 1.41. The molecule has 0 saturated carbocycles. The number of methoxy groups -OCH3 is 1. The molecule has 41 heavy (non-hydrogen) atoms. The van der Waals surface area contributed by atoms with Gasteiger partial charge in [-0.2, -0.15) is 0 Å². The van der Waals surface area contributed by atoms with Crippen molar-refractivity contribution >= 4 is 29.2 Å². The molecule has 2 aromatic rings. The number of fused-ring (bicyclic) bond motifs is 1. The predicted molar refractivity (Wildman–Crippen MR) is 159 cm³/mol. The number of rotatable bonds is 11. The highest BCUT2D eigenvalue weighted by Gasteiger charge is 2.34. The van der Waals surface area contributed by atoms with Crippen LogP contribution in [-0.2, 0) is 4.79 Å². The van der Waals surface area contributed by atoms with Crippen LogP contribution < -0.4 is 20.1 Å². The average molecular weight is 570 g/mol. The number of anilines is 2. The smallest absolute Gasteiger partial charge is 0.321 e. The number of hydrogen-bond acceptors (Lipinski definition) is 7. The van der Waals surface area contributed by atoms with Crippen molar-refractivity contribution in [3.8, 4) is 11.5 Å². The molecule has 0 fully saturated rings. The molecule has 0 bridgehead atoms. The van der Waals surface area contributed by atoms with E-state index in [1.807, 2.05) is 25.9 Å². The average Bonchev–Trinajstić information content (AvgIpc) is 2.94. The quantitative estimate of drug-likeness (QED) is 0.379. The van der Waals surface area contributed by atoms with E-state index in [4.69, 9.17) is 9.47 Å². The molecular formula is C30H43N5O6. The maximum atomic E-state index is 13.6. The van der Waals surface area contributed by atoms with Crippen LogP contribution in [-0.4, -0.2) is 104 Å². The van der Waals surface area contributed by atoms with Crippen LogP contribution in [0.5, 0.6) is 11.5 Å². The van der Waals surface area contributed by atoms with Crippen molar-refractivity contribution in [2.75, 3.05) is 65.1 Å². The summed E-state index contributed by atoms with van der Waals surface area (Å²) < 4.78 is 11.5. The van der Waals surface area contributed by atoms with E-state index in [1.165, 1.54) is 4.90 Å². The highest BCUT2D eigenvalue weighted by atomic mass is 16.5. The molecule has 1 heterocycles. The SMILES string of the molecule is COc1ccc(NC(=O)N(C)C[C@H]2Oc3ccc(NC(=O)CCCN(C)C)cc3C(=O)N([C@H](C)CO)C[C@@H]2C)cc1. The van der Waals surface area contributed by atoms with Crippen LogP contribution in [0.25, 0.3) is 0 Å². The number of likely N-dealkylation sites (N-methyl/N-ethyl adjacent to an activating group) is 1. The zero-order chi connectivity index (χ0) is 30.1. The Morgan fingerprint density at radius 1 is 1.12 bits per heavy atom. The highest BCUT2D eigenvalue weighted by molar-refractivity contribution is 6.00. The van der Waals surface area contributed by atoms with E-state index < -0.39 is 12.1 Å². The number of ether oxygens (including phenoxy) is 2. The Kier molecular flexibility index (Phi) is 11.4.